The lowest BCUT2D eigenvalue weighted by atomic mass is 10.0. The van der Waals surface area contributed by atoms with Crippen LogP contribution in [-0.4, -0.2) is 19.4 Å². The van der Waals surface area contributed by atoms with Crippen LogP contribution in [0, 0.1) is 0 Å². The highest BCUT2D eigenvalue weighted by molar-refractivity contribution is 5.50. The highest BCUT2D eigenvalue weighted by atomic mass is 16.1. The van der Waals surface area contributed by atoms with Gasteiger partial charge in [-0.2, -0.15) is 0 Å². The van der Waals surface area contributed by atoms with Crippen LogP contribution in [0.4, 0.5) is 0 Å². The van der Waals surface area contributed by atoms with Crippen molar-refractivity contribution in [1.82, 2.24) is 5.32 Å². The summed E-state index contributed by atoms with van der Waals surface area (Å²) in [6.07, 6.45) is 3.62. The largest absolute Gasteiger partial charge is 0.317 e. The van der Waals surface area contributed by atoms with E-state index in [2.05, 4.69) is 17.4 Å². The zero-order valence-corrected chi connectivity index (χ0v) is 8.57. The smallest absolute Gasteiger partial charge is 0.121 e. The van der Waals surface area contributed by atoms with Gasteiger partial charge in [0.1, 0.15) is 6.29 Å². The minimum absolute atomic E-state index is 0.313. The van der Waals surface area contributed by atoms with Gasteiger partial charge in [-0.25, -0.2) is 0 Å². The Morgan fingerprint density at radius 1 is 1.36 bits per heavy atom. The summed E-state index contributed by atoms with van der Waals surface area (Å²) >= 11 is 0. The number of rotatable bonds is 6. The van der Waals surface area contributed by atoms with Crippen LogP contribution < -0.4 is 5.32 Å². The number of hydrogen-bond acceptors (Lipinski definition) is 2. The summed E-state index contributed by atoms with van der Waals surface area (Å²) in [5, 5.41) is 3.14. The second kappa shape index (κ2) is 6.33. The van der Waals surface area contributed by atoms with Gasteiger partial charge in [-0.3, -0.25) is 0 Å². The topological polar surface area (TPSA) is 29.1 Å². The Bertz CT molecular complexity index is 258. The molecule has 0 fully saturated rings. The summed E-state index contributed by atoms with van der Waals surface area (Å²) in [6, 6.07) is 10.7. The van der Waals surface area contributed by atoms with Crippen molar-refractivity contribution >= 4 is 6.29 Å². The van der Waals surface area contributed by atoms with E-state index in [-0.39, 0.29) is 0 Å². The van der Waals surface area contributed by atoms with Crippen LogP contribution in [0.3, 0.4) is 0 Å². The number of benzene rings is 1. The number of aryl methyl sites for hydroxylation is 1. The number of carbonyl (C=O) groups is 1. The normalized spacial score (nSPS) is 12.4. The van der Waals surface area contributed by atoms with Gasteiger partial charge in [-0.1, -0.05) is 30.3 Å². The van der Waals surface area contributed by atoms with Crippen molar-refractivity contribution in [2.45, 2.75) is 25.3 Å². The van der Waals surface area contributed by atoms with Gasteiger partial charge in [-0.15, -0.1) is 0 Å². The molecule has 0 aliphatic rings. The van der Waals surface area contributed by atoms with Gasteiger partial charge in [0.25, 0.3) is 0 Å². The van der Waals surface area contributed by atoms with Crippen molar-refractivity contribution in [3.63, 3.8) is 0 Å². The van der Waals surface area contributed by atoms with Crippen molar-refractivity contribution in [2.24, 2.45) is 0 Å². The van der Waals surface area contributed by atoms with E-state index in [0.717, 1.165) is 19.1 Å². The highest BCUT2D eigenvalue weighted by Crippen LogP contribution is 2.05. The van der Waals surface area contributed by atoms with Crippen molar-refractivity contribution in [3.8, 4) is 0 Å². The van der Waals surface area contributed by atoms with E-state index in [9.17, 15) is 4.79 Å². The van der Waals surface area contributed by atoms with Crippen LogP contribution in [0.15, 0.2) is 30.3 Å². The molecule has 76 valence electrons. The van der Waals surface area contributed by atoms with Crippen molar-refractivity contribution in [2.75, 3.05) is 7.05 Å². The number of aldehydes is 1. The second-order valence-corrected chi connectivity index (χ2v) is 3.41. The van der Waals surface area contributed by atoms with Gasteiger partial charge in [-0.05, 0) is 25.5 Å². The first-order chi connectivity index (χ1) is 6.86. The molecule has 0 amide bonds. The molecule has 0 radical (unpaired) electrons. The van der Waals surface area contributed by atoms with Gasteiger partial charge >= 0.3 is 0 Å². The third-order valence-corrected chi connectivity index (χ3v) is 2.41. The van der Waals surface area contributed by atoms with Crippen LogP contribution in [0.2, 0.25) is 0 Å². The molecule has 14 heavy (non-hydrogen) atoms. The third-order valence-electron chi connectivity index (χ3n) is 2.41. The predicted octanol–water partition coefficient (Wildman–Crippen LogP) is 1.80. The molecule has 0 aromatic heterocycles. The molecule has 0 bridgehead atoms. The fourth-order valence-corrected chi connectivity index (χ4v) is 1.48. The average molecular weight is 191 g/mol. The van der Waals surface area contributed by atoms with Gasteiger partial charge in [0.15, 0.2) is 0 Å². The first kappa shape index (κ1) is 10.9. The molecule has 1 aromatic carbocycles. The Kier molecular flexibility index (Phi) is 4.94. The molecular formula is C12H17NO. The first-order valence-electron chi connectivity index (χ1n) is 5.01. The minimum Gasteiger partial charge on any atom is -0.317 e. The summed E-state index contributed by atoms with van der Waals surface area (Å²) < 4.78 is 0. The van der Waals surface area contributed by atoms with E-state index in [1.54, 1.807) is 0 Å². The third kappa shape index (κ3) is 3.71. The zero-order chi connectivity index (χ0) is 10.2. The summed E-state index contributed by atoms with van der Waals surface area (Å²) in [6.45, 7) is 0. The molecule has 0 aliphatic heterocycles. The van der Waals surface area contributed by atoms with E-state index < -0.39 is 0 Å². The number of nitrogens with one attached hydrogen (secondary N) is 1. The molecule has 1 unspecified atom stereocenters. The highest BCUT2D eigenvalue weighted by Gasteiger charge is 2.04. The monoisotopic (exact) mass is 191 g/mol. The summed E-state index contributed by atoms with van der Waals surface area (Å²) in [4.78, 5) is 10.3. The predicted molar refractivity (Wildman–Crippen MR) is 58.3 cm³/mol. The summed E-state index contributed by atoms with van der Waals surface area (Å²) in [5.74, 6) is 0. The molecule has 2 nitrogen and oxygen atoms in total. The molecule has 2 heteroatoms. The lowest BCUT2D eigenvalue weighted by molar-refractivity contribution is -0.108. The quantitative estimate of drug-likeness (QED) is 0.695. The number of hydrogen-bond donors (Lipinski definition) is 1. The Labute approximate surface area is 85.3 Å². The molecule has 0 saturated heterocycles. The van der Waals surface area contributed by atoms with Crippen molar-refractivity contribution in [1.29, 1.82) is 0 Å². The standard InChI is InChI=1S/C12H17NO/c1-13-12(9-10-14)8-7-11-5-3-2-4-6-11/h2-6,10,12-13H,7-9H2,1H3. The van der Waals surface area contributed by atoms with Crippen LogP contribution in [0.1, 0.15) is 18.4 Å². The Balaban J connectivity index is 2.35. The Morgan fingerprint density at radius 2 is 2.07 bits per heavy atom. The molecule has 0 saturated carbocycles. The van der Waals surface area contributed by atoms with E-state index in [1.165, 1.54) is 5.56 Å². The molecule has 1 N–H and O–H groups in total. The van der Waals surface area contributed by atoms with Gasteiger partial charge in [0.05, 0.1) is 0 Å². The van der Waals surface area contributed by atoms with Crippen LogP contribution in [0.25, 0.3) is 0 Å². The minimum atomic E-state index is 0.313. The van der Waals surface area contributed by atoms with Gasteiger partial charge in [0, 0.05) is 12.5 Å². The molecular weight excluding hydrogens is 174 g/mol. The van der Waals surface area contributed by atoms with Crippen LogP contribution in [0.5, 0.6) is 0 Å². The fourth-order valence-electron chi connectivity index (χ4n) is 1.48. The molecule has 0 spiro atoms. The van der Waals surface area contributed by atoms with E-state index in [1.807, 2.05) is 25.2 Å². The van der Waals surface area contributed by atoms with Crippen molar-refractivity contribution < 1.29 is 4.79 Å². The summed E-state index contributed by atoms with van der Waals surface area (Å²) in [5.41, 5.74) is 1.33. The Morgan fingerprint density at radius 3 is 2.64 bits per heavy atom. The van der Waals surface area contributed by atoms with E-state index in [0.29, 0.717) is 12.5 Å². The lowest BCUT2D eigenvalue weighted by Crippen LogP contribution is -2.26. The SMILES string of the molecule is CNC(CC=O)CCc1ccccc1. The molecule has 0 heterocycles. The molecule has 1 rings (SSSR count). The maximum atomic E-state index is 10.3. The number of carbonyl (C=O) groups excluding carboxylic acids is 1. The van der Waals surface area contributed by atoms with Crippen molar-refractivity contribution in [3.05, 3.63) is 35.9 Å². The van der Waals surface area contributed by atoms with E-state index >= 15 is 0 Å². The average Bonchev–Trinajstić information content (AvgIpc) is 2.25. The second-order valence-electron chi connectivity index (χ2n) is 3.41. The molecule has 1 atom stereocenters. The van der Waals surface area contributed by atoms with Gasteiger partial charge in [0.2, 0.25) is 0 Å². The van der Waals surface area contributed by atoms with E-state index in [4.69, 9.17) is 0 Å². The molecule has 0 aliphatic carbocycles. The van der Waals surface area contributed by atoms with Gasteiger partial charge < -0.3 is 10.1 Å². The fraction of sp³-hybridized carbons (Fsp3) is 0.417. The molecule has 1 aromatic rings. The van der Waals surface area contributed by atoms with Crippen LogP contribution >= 0.6 is 0 Å². The van der Waals surface area contributed by atoms with Crippen LogP contribution in [-0.2, 0) is 11.2 Å². The lowest BCUT2D eigenvalue weighted by Gasteiger charge is -2.12. The Hall–Kier alpha value is -1.15. The maximum Gasteiger partial charge on any atom is 0.121 e. The summed E-state index contributed by atoms with van der Waals surface area (Å²) in [7, 11) is 1.90. The first-order valence-corrected chi connectivity index (χ1v) is 5.01. The zero-order valence-electron chi connectivity index (χ0n) is 8.57. The maximum absolute atomic E-state index is 10.3.